The Hall–Kier alpha value is -2.95. The number of rotatable bonds is 5. The fourth-order valence-corrected chi connectivity index (χ4v) is 3.19. The Kier molecular flexibility index (Phi) is 5.16. The highest BCUT2D eigenvalue weighted by atomic mass is 19.1. The van der Waals surface area contributed by atoms with Gasteiger partial charge in [-0.05, 0) is 54.5 Å². The maximum Gasteiger partial charge on any atom is 0.332 e. The van der Waals surface area contributed by atoms with Crippen molar-refractivity contribution in [2.75, 3.05) is 5.32 Å². The molecule has 1 aliphatic carbocycles. The Bertz CT molecular complexity index is 902. The van der Waals surface area contributed by atoms with Crippen molar-refractivity contribution in [1.82, 2.24) is 0 Å². The molecule has 1 amide bonds. The molecule has 0 saturated carbocycles. The number of carboxylic acids is 1. The van der Waals surface area contributed by atoms with Crippen LogP contribution in [0.2, 0.25) is 0 Å². The van der Waals surface area contributed by atoms with E-state index in [1.165, 1.54) is 12.1 Å². The number of hydrogen-bond acceptors (Lipinski definition) is 2. The third-order valence-corrected chi connectivity index (χ3v) is 4.64. The Morgan fingerprint density at radius 3 is 2.50 bits per heavy atom. The minimum atomic E-state index is -1.08. The summed E-state index contributed by atoms with van der Waals surface area (Å²) >= 11 is 0. The third-order valence-electron chi connectivity index (χ3n) is 4.64. The Morgan fingerprint density at radius 1 is 1.08 bits per heavy atom. The van der Waals surface area contributed by atoms with Crippen LogP contribution in [0.3, 0.4) is 0 Å². The fourth-order valence-electron chi connectivity index (χ4n) is 3.19. The van der Waals surface area contributed by atoms with Gasteiger partial charge in [-0.2, -0.15) is 0 Å². The molecule has 0 saturated heterocycles. The summed E-state index contributed by atoms with van der Waals surface area (Å²) in [6.07, 6.45) is 2.29. The average Bonchev–Trinajstić information content (AvgIpc) is 3.13. The SMILES string of the molecule is CCc1cccc(-c2ccc(NC(=O)C3=C(C(=O)O)CCC3)c(F)c2)c1. The zero-order chi connectivity index (χ0) is 18.7. The molecule has 4 nitrogen and oxygen atoms in total. The molecule has 134 valence electrons. The second-order valence-electron chi connectivity index (χ2n) is 6.32. The lowest BCUT2D eigenvalue weighted by molar-refractivity contribution is -0.133. The number of amides is 1. The molecular weight excluding hydrogens is 333 g/mol. The van der Waals surface area contributed by atoms with Crippen LogP contribution in [0.5, 0.6) is 0 Å². The number of nitrogens with one attached hydrogen (secondary N) is 1. The van der Waals surface area contributed by atoms with Crippen molar-refractivity contribution >= 4 is 17.6 Å². The van der Waals surface area contributed by atoms with Crippen molar-refractivity contribution in [3.63, 3.8) is 0 Å². The van der Waals surface area contributed by atoms with Gasteiger partial charge in [0.2, 0.25) is 0 Å². The van der Waals surface area contributed by atoms with Crippen LogP contribution in [0.4, 0.5) is 10.1 Å². The smallest absolute Gasteiger partial charge is 0.332 e. The first-order chi connectivity index (χ1) is 12.5. The topological polar surface area (TPSA) is 66.4 Å². The molecule has 0 atom stereocenters. The second-order valence-corrected chi connectivity index (χ2v) is 6.32. The fraction of sp³-hybridized carbons (Fsp3) is 0.238. The van der Waals surface area contributed by atoms with Crippen LogP contribution in [-0.4, -0.2) is 17.0 Å². The standard InChI is InChI=1S/C21H20FNO3/c1-2-13-5-3-6-14(11-13)15-9-10-19(18(22)12-15)23-20(24)16-7-4-8-17(16)21(25)26/h3,5-6,9-12H,2,4,7-8H2,1H3,(H,23,24)(H,25,26). The number of aryl methyl sites for hydroxylation is 1. The second kappa shape index (κ2) is 7.52. The van der Waals surface area contributed by atoms with Gasteiger partial charge < -0.3 is 10.4 Å². The number of carboxylic acid groups (broad SMARTS) is 1. The van der Waals surface area contributed by atoms with E-state index in [2.05, 4.69) is 12.2 Å². The van der Waals surface area contributed by atoms with Gasteiger partial charge in [0.25, 0.3) is 5.91 Å². The third kappa shape index (κ3) is 3.67. The van der Waals surface area contributed by atoms with E-state index in [0.29, 0.717) is 19.3 Å². The van der Waals surface area contributed by atoms with Crippen molar-refractivity contribution in [2.24, 2.45) is 0 Å². The van der Waals surface area contributed by atoms with Gasteiger partial charge in [-0.15, -0.1) is 0 Å². The summed E-state index contributed by atoms with van der Waals surface area (Å²) in [6.45, 7) is 2.06. The minimum absolute atomic E-state index is 0.0505. The van der Waals surface area contributed by atoms with Crippen molar-refractivity contribution in [2.45, 2.75) is 32.6 Å². The van der Waals surface area contributed by atoms with E-state index in [4.69, 9.17) is 5.11 Å². The predicted octanol–water partition coefficient (Wildman–Crippen LogP) is 4.56. The van der Waals surface area contributed by atoms with Gasteiger partial charge in [-0.25, -0.2) is 9.18 Å². The number of aliphatic carboxylic acids is 1. The Balaban J connectivity index is 1.83. The minimum Gasteiger partial charge on any atom is -0.478 e. The molecule has 0 heterocycles. The number of hydrogen-bond donors (Lipinski definition) is 2. The number of anilines is 1. The molecule has 0 aliphatic heterocycles. The van der Waals surface area contributed by atoms with E-state index in [1.807, 2.05) is 24.3 Å². The largest absolute Gasteiger partial charge is 0.478 e. The Morgan fingerprint density at radius 2 is 1.81 bits per heavy atom. The highest BCUT2D eigenvalue weighted by molar-refractivity contribution is 6.09. The first kappa shape index (κ1) is 17.9. The summed E-state index contributed by atoms with van der Waals surface area (Å²) < 4.78 is 14.5. The molecular formula is C21H20FNO3. The predicted molar refractivity (Wildman–Crippen MR) is 98.4 cm³/mol. The van der Waals surface area contributed by atoms with E-state index in [1.54, 1.807) is 6.07 Å². The van der Waals surface area contributed by atoms with Crippen molar-refractivity contribution in [1.29, 1.82) is 0 Å². The van der Waals surface area contributed by atoms with E-state index in [0.717, 1.165) is 23.1 Å². The molecule has 26 heavy (non-hydrogen) atoms. The van der Waals surface area contributed by atoms with Gasteiger partial charge in [0.05, 0.1) is 5.69 Å². The molecule has 2 N–H and O–H groups in total. The van der Waals surface area contributed by atoms with Crippen LogP contribution >= 0.6 is 0 Å². The van der Waals surface area contributed by atoms with Crippen molar-refractivity contribution < 1.29 is 19.1 Å². The van der Waals surface area contributed by atoms with Crippen LogP contribution < -0.4 is 5.32 Å². The van der Waals surface area contributed by atoms with Crippen LogP contribution in [0.1, 0.15) is 31.7 Å². The lowest BCUT2D eigenvalue weighted by Gasteiger charge is -2.10. The number of carbonyl (C=O) groups excluding carboxylic acids is 1. The van der Waals surface area contributed by atoms with Crippen LogP contribution in [0.15, 0.2) is 53.6 Å². The lowest BCUT2D eigenvalue weighted by Crippen LogP contribution is -2.17. The lowest BCUT2D eigenvalue weighted by atomic mass is 10.0. The van der Waals surface area contributed by atoms with Gasteiger partial charge >= 0.3 is 5.97 Å². The molecule has 0 aromatic heterocycles. The molecule has 1 aliphatic rings. The van der Waals surface area contributed by atoms with E-state index in [-0.39, 0.29) is 16.8 Å². The Labute approximate surface area is 151 Å². The van der Waals surface area contributed by atoms with Gasteiger partial charge in [0, 0.05) is 11.1 Å². The summed E-state index contributed by atoms with van der Waals surface area (Å²) in [6, 6.07) is 12.5. The average molecular weight is 353 g/mol. The molecule has 0 bridgehead atoms. The summed E-state index contributed by atoms with van der Waals surface area (Å²) in [5, 5.41) is 11.6. The van der Waals surface area contributed by atoms with Gasteiger partial charge in [0.1, 0.15) is 5.82 Å². The van der Waals surface area contributed by atoms with Crippen molar-refractivity contribution in [3.05, 3.63) is 65.0 Å². The van der Waals surface area contributed by atoms with Gasteiger partial charge in [-0.3, -0.25) is 4.79 Å². The van der Waals surface area contributed by atoms with Crippen LogP contribution in [0.25, 0.3) is 11.1 Å². The summed E-state index contributed by atoms with van der Waals surface area (Å²) in [4.78, 5) is 23.5. The highest BCUT2D eigenvalue weighted by Gasteiger charge is 2.25. The quantitative estimate of drug-likeness (QED) is 0.828. The molecule has 0 radical (unpaired) electrons. The molecule has 5 heteroatoms. The zero-order valence-corrected chi connectivity index (χ0v) is 14.5. The summed E-state index contributed by atoms with van der Waals surface area (Å²) in [7, 11) is 0. The summed E-state index contributed by atoms with van der Waals surface area (Å²) in [5.74, 6) is -2.17. The monoisotopic (exact) mass is 353 g/mol. The maximum atomic E-state index is 14.5. The first-order valence-electron chi connectivity index (χ1n) is 8.65. The van der Waals surface area contributed by atoms with Crippen LogP contribution in [-0.2, 0) is 16.0 Å². The van der Waals surface area contributed by atoms with Gasteiger partial charge in [-0.1, -0.05) is 37.3 Å². The molecule has 2 aromatic rings. The maximum absolute atomic E-state index is 14.5. The zero-order valence-electron chi connectivity index (χ0n) is 14.5. The normalized spacial score (nSPS) is 13.8. The molecule has 0 fully saturated rings. The van der Waals surface area contributed by atoms with Crippen LogP contribution in [0, 0.1) is 5.82 Å². The highest BCUT2D eigenvalue weighted by Crippen LogP contribution is 2.29. The molecule has 0 spiro atoms. The molecule has 3 rings (SSSR count). The number of benzene rings is 2. The van der Waals surface area contributed by atoms with Crippen molar-refractivity contribution in [3.8, 4) is 11.1 Å². The number of halogens is 1. The molecule has 0 unspecified atom stereocenters. The first-order valence-corrected chi connectivity index (χ1v) is 8.65. The summed E-state index contributed by atoms with van der Waals surface area (Å²) in [5.41, 5.74) is 3.20. The van der Waals surface area contributed by atoms with E-state index >= 15 is 0 Å². The molecule has 2 aromatic carbocycles. The number of carbonyl (C=O) groups is 2. The van der Waals surface area contributed by atoms with E-state index < -0.39 is 17.7 Å². The van der Waals surface area contributed by atoms with E-state index in [9.17, 15) is 14.0 Å². The van der Waals surface area contributed by atoms with Gasteiger partial charge in [0.15, 0.2) is 0 Å².